The molecule has 242 valence electrons. The van der Waals surface area contributed by atoms with E-state index in [2.05, 4.69) is 21.0 Å². The number of rotatable bonds is 7. The zero-order valence-corrected chi connectivity index (χ0v) is 26.6. The Labute approximate surface area is 274 Å². The maximum Gasteiger partial charge on any atom is 0.319 e. The Bertz CT molecular complexity index is 1920. The third kappa shape index (κ3) is 5.18. The van der Waals surface area contributed by atoms with Crippen LogP contribution in [-0.4, -0.2) is 83.6 Å². The van der Waals surface area contributed by atoms with Gasteiger partial charge in [-0.2, -0.15) is 9.97 Å². The van der Waals surface area contributed by atoms with Crippen molar-refractivity contribution in [3.8, 4) is 35.2 Å². The van der Waals surface area contributed by atoms with E-state index in [4.69, 9.17) is 25.9 Å². The van der Waals surface area contributed by atoms with Crippen LogP contribution >= 0.6 is 0 Å². The maximum atomic E-state index is 16.9. The lowest BCUT2D eigenvalue weighted by Gasteiger charge is -2.49. The molecule has 4 aromatic rings. The first kappa shape index (κ1) is 29.2. The largest absolute Gasteiger partial charge is 0.508 e. The number of benzene rings is 3. The Morgan fingerprint density at radius 3 is 2.64 bits per heavy atom. The molecule has 2 aliphatic carbocycles. The molecule has 4 heterocycles. The third-order valence-corrected chi connectivity index (χ3v) is 11.3. The first-order valence-corrected chi connectivity index (χ1v) is 17.1. The summed E-state index contributed by atoms with van der Waals surface area (Å²) in [6.45, 7) is 5.81. The van der Waals surface area contributed by atoms with E-state index in [0.29, 0.717) is 46.6 Å². The summed E-state index contributed by atoms with van der Waals surface area (Å²) >= 11 is 0. The Hall–Kier alpha value is -3.97. The topological polar surface area (TPSA) is 83.0 Å². The fourth-order valence-electron chi connectivity index (χ4n) is 8.50. The number of hydrogen-bond donors (Lipinski definition) is 2. The molecule has 3 aromatic carbocycles. The monoisotopic (exact) mass is 633 g/mol. The summed E-state index contributed by atoms with van der Waals surface area (Å²) in [6, 6.07) is 13.4. The van der Waals surface area contributed by atoms with Crippen LogP contribution in [-0.2, 0) is 4.74 Å². The van der Waals surface area contributed by atoms with Gasteiger partial charge in [-0.3, -0.25) is 4.90 Å². The molecule has 8 nitrogen and oxygen atoms in total. The zero-order chi connectivity index (χ0) is 31.8. The molecule has 2 bridgehead atoms. The van der Waals surface area contributed by atoms with Gasteiger partial charge in [-0.15, -0.1) is 6.42 Å². The smallest absolute Gasteiger partial charge is 0.319 e. The molecule has 5 fully saturated rings. The van der Waals surface area contributed by atoms with Crippen LogP contribution in [0.4, 0.5) is 10.2 Å². The molecular weight excluding hydrogens is 593 g/mol. The van der Waals surface area contributed by atoms with Crippen molar-refractivity contribution >= 4 is 27.5 Å². The van der Waals surface area contributed by atoms with Crippen LogP contribution in [0.1, 0.15) is 50.5 Å². The maximum absolute atomic E-state index is 16.9. The molecule has 9 rings (SSSR count). The first-order valence-electron chi connectivity index (χ1n) is 17.1. The highest BCUT2D eigenvalue weighted by molar-refractivity contribution is 6.04. The molecule has 9 heteroatoms. The molecule has 1 spiro atoms. The highest BCUT2D eigenvalue weighted by atomic mass is 19.1. The summed E-state index contributed by atoms with van der Waals surface area (Å²) < 4.78 is 29.5. The summed E-state index contributed by atoms with van der Waals surface area (Å²) in [5, 5.41) is 16.4. The number of piperazine rings is 1. The number of anilines is 1. The van der Waals surface area contributed by atoms with Crippen molar-refractivity contribution in [1.82, 2.24) is 20.2 Å². The van der Waals surface area contributed by atoms with Crippen molar-refractivity contribution in [2.45, 2.75) is 62.6 Å². The van der Waals surface area contributed by atoms with Gasteiger partial charge in [0.1, 0.15) is 17.1 Å². The predicted octanol–water partition coefficient (Wildman–Crippen LogP) is 5.63. The van der Waals surface area contributed by atoms with Gasteiger partial charge >= 0.3 is 6.01 Å². The number of aromatic hydroxyl groups is 1. The molecule has 3 saturated heterocycles. The van der Waals surface area contributed by atoms with E-state index in [9.17, 15) is 5.11 Å². The van der Waals surface area contributed by atoms with Crippen LogP contribution in [0.15, 0.2) is 42.5 Å². The van der Waals surface area contributed by atoms with E-state index in [1.165, 1.54) is 6.42 Å². The second-order valence-electron chi connectivity index (χ2n) is 14.6. The van der Waals surface area contributed by atoms with Crippen molar-refractivity contribution in [3.63, 3.8) is 0 Å². The van der Waals surface area contributed by atoms with Gasteiger partial charge in [0, 0.05) is 72.1 Å². The standard InChI is InChI=1S/C38H40FN5O3/c1-2-24-5-3-6-25-17-28(45)18-31(32(24)25)29-9-10-30-34(33(29)39)41-36(42-35(30)44-19-26-7-8-27(20-44)40-26)46-23-37(13-14-37)21-43-15-16-47-38(22-43)11-4-12-38/h1,3,5-6,9-10,17-18,26-27,40,45H,4,7-8,11-16,19-23H2. The van der Waals surface area contributed by atoms with Crippen LogP contribution in [0.3, 0.4) is 0 Å². The van der Waals surface area contributed by atoms with Crippen molar-refractivity contribution in [3.05, 3.63) is 53.8 Å². The SMILES string of the molecule is C#Cc1cccc2cc(O)cc(-c3ccc4c(N5CC6CCC(C5)N6)nc(OCC5(CN6CCOC7(CCC7)C6)CC5)nc4c3F)c12. The quantitative estimate of drug-likeness (QED) is 0.254. The summed E-state index contributed by atoms with van der Waals surface area (Å²) in [4.78, 5) is 14.6. The average Bonchev–Trinajstić information content (AvgIpc) is 3.75. The van der Waals surface area contributed by atoms with Crippen molar-refractivity contribution in [1.29, 1.82) is 0 Å². The number of ether oxygens (including phenoxy) is 2. The van der Waals surface area contributed by atoms with Gasteiger partial charge in [0.15, 0.2) is 5.82 Å². The van der Waals surface area contributed by atoms with E-state index in [1.807, 2.05) is 24.3 Å². The molecule has 0 radical (unpaired) electrons. The molecule has 47 heavy (non-hydrogen) atoms. The molecular formula is C38H40FN5O3. The van der Waals surface area contributed by atoms with Crippen LogP contribution in [0.25, 0.3) is 32.8 Å². The molecule has 1 aromatic heterocycles. The number of phenolic OH excluding ortho intramolecular Hbond substituents is 1. The highest BCUT2D eigenvalue weighted by Crippen LogP contribution is 2.48. The fraction of sp³-hybridized carbons (Fsp3) is 0.474. The van der Waals surface area contributed by atoms with Crippen LogP contribution in [0, 0.1) is 23.6 Å². The Balaban J connectivity index is 1.09. The minimum absolute atomic E-state index is 0.0445. The first-order chi connectivity index (χ1) is 22.9. The number of phenols is 1. The molecule has 2 atom stereocenters. The zero-order valence-electron chi connectivity index (χ0n) is 26.6. The van der Waals surface area contributed by atoms with Gasteiger partial charge in [-0.05, 0) is 80.2 Å². The highest BCUT2D eigenvalue weighted by Gasteiger charge is 2.48. The van der Waals surface area contributed by atoms with Crippen molar-refractivity contribution in [2.24, 2.45) is 5.41 Å². The van der Waals surface area contributed by atoms with E-state index in [0.717, 1.165) is 88.6 Å². The van der Waals surface area contributed by atoms with Crippen LogP contribution < -0.4 is 15.0 Å². The molecule has 2 saturated carbocycles. The van der Waals surface area contributed by atoms with E-state index < -0.39 is 5.82 Å². The van der Waals surface area contributed by atoms with Crippen molar-refractivity contribution < 1.29 is 19.0 Å². The summed E-state index contributed by atoms with van der Waals surface area (Å²) in [7, 11) is 0. The minimum Gasteiger partial charge on any atom is -0.508 e. The summed E-state index contributed by atoms with van der Waals surface area (Å²) in [6.07, 6.45) is 13.9. The number of halogens is 1. The number of morpholine rings is 1. The number of terminal acetylenes is 1. The van der Waals surface area contributed by atoms with Gasteiger partial charge in [0.2, 0.25) is 0 Å². The lowest BCUT2D eigenvalue weighted by molar-refractivity contribution is -0.154. The van der Waals surface area contributed by atoms with Gasteiger partial charge in [0.05, 0.1) is 18.8 Å². The van der Waals surface area contributed by atoms with Gasteiger partial charge in [-0.1, -0.05) is 24.1 Å². The summed E-state index contributed by atoms with van der Waals surface area (Å²) in [5.41, 5.74) is 1.83. The average molecular weight is 634 g/mol. The van der Waals surface area contributed by atoms with Crippen molar-refractivity contribution in [2.75, 3.05) is 50.8 Å². The Morgan fingerprint density at radius 1 is 1.06 bits per heavy atom. The molecule has 3 aliphatic heterocycles. The van der Waals surface area contributed by atoms with Gasteiger partial charge in [0.25, 0.3) is 0 Å². The third-order valence-electron chi connectivity index (χ3n) is 11.3. The Kier molecular flexibility index (Phi) is 6.86. The fourth-order valence-corrected chi connectivity index (χ4v) is 8.50. The van der Waals surface area contributed by atoms with E-state index in [1.54, 1.807) is 18.2 Å². The number of nitrogens with zero attached hydrogens (tertiary/aromatic N) is 4. The predicted molar refractivity (Wildman–Crippen MR) is 180 cm³/mol. The molecule has 5 aliphatic rings. The van der Waals surface area contributed by atoms with E-state index >= 15 is 4.39 Å². The van der Waals surface area contributed by atoms with Crippen LogP contribution in [0.5, 0.6) is 11.8 Å². The number of aromatic nitrogens is 2. The molecule has 0 amide bonds. The number of hydrogen-bond acceptors (Lipinski definition) is 8. The normalized spacial score (nSPS) is 24.4. The van der Waals surface area contributed by atoms with E-state index in [-0.39, 0.29) is 28.3 Å². The second-order valence-corrected chi connectivity index (χ2v) is 14.6. The lowest BCUT2D eigenvalue weighted by Crippen LogP contribution is -2.56. The van der Waals surface area contributed by atoms with Crippen LogP contribution in [0.2, 0.25) is 0 Å². The summed E-state index contributed by atoms with van der Waals surface area (Å²) in [5.74, 6) is 3.01. The van der Waals surface area contributed by atoms with Gasteiger partial charge in [-0.25, -0.2) is 4.39 Å². The molecule has 2 unspecified atom stereocenters. The Morgan fingerprint density at radius 2 is 1.89 bits per heavy atom. The minimum atomic E-state index is -0.479. The lowest BCUT2D eigenvalue weighted by atomic mass is 9.78. The second kappa shape index (κ2) is 11.0. The molecule has 2 N–H and O–H groups in total. The number of nitrogens with one attached hydrogen (secondary N) is 1. The number of fused-ring (bicyclic) bond motifs is 4. The van der Waals surface area contributed by atoms with Gasteiger partial charge < -0.3 is 24.8 Å².